The van der Waals surface area contributed by atoms with E-state index in [1.807, 2.05) is 6.07 Å². The second kappa shape index (κ2) is 10.8. The number of fused-ring (bicyclic) bond motifs is 5. The highest BCUT2D eigenvalue weighted by molar-refractivity contribution is 6.20. The number of aromatic nitrogens is 2. The van der Waals surface area contributed by atoms with Gasteiger partial charge in [0.05, 0.1) is 11.4 Å². The van der Waals surface area contributed by atoms with Crippen LogP contribution in [-0.2, 0) is 0 Å². The monoisotopic (exact) mass is 584 g/mol. The van der Waals surface area contributed by atoms with Crippen LogP contribution in [0.4, 0.5) is 0 Å². The number of benzene rings is 8. The summed E-state index contributed by atoms with van der Waals surface area (Å²) in [6.45, 7) is 0. The largest absolute Gasteiger partial charge is 0.228 e. The van der Waals surface area contributed by atoms with Gasteiger partial charge in [0.15, 0.2) is 5.82 Å². The first kappa shape index (κ1) is 26.3. The molecule has 0 bridgehead atoms. The van der Waals surface area contributed by atoms with Crippen molar-refractivity contribution in [3.63, 3.8) is 0 Å². The number of hydrogen-bond donors (Lipinski definition) is 0. The topological polar surface area (TPSA) is 25.8 Å². The van der Waals surface area contributed by atoms with Gasteiger partial charge in [0.25, 0.3) is 0 Å². The molecule has 0 spiro atoms. The summed E-state index contributed by atoms with van der Waals surface area (Å²) in [5.41, 5.74) is 7.40. The van der Waals surface area contributed by atoms with Crippen molar-refractivity contribution in [1.82, 2.24) is 9.97 Å². The molecular formula is C44H28N2. The van der Waals surface area contributed by atoms with Gasteiger partial charge < -0.3 is 0 Å². The first-order valence-electron chi connectivity index (χ1n) is 15.7. The molecule has 1 heterocycles. The third kappa shape index (κ3) is 4.43. The van der Waals surface area contributed by atoms with Gasteiger partial charge in [0.1, 0.15) is 0 Å². The zero-order valence-electron chi connectivity index (χ0n) is 25.1. The molecule has 0 aliphatic carbocycles. The van der Waals surface area contributed by atoms with E-state index in [4.69, 9.17) is 9.97 Å². The lowest BCUT2D eigenvalue weighted by Crippen LogP contribution is -1.96. The van der Waals surface area contributed by atoms with E-state index in [-0.39, 0.29) is 0 Å². The fourth-order valence-corrected chi connectivity index (χ4v) is 6.84. The molecule has 0 aliphatic rings. The number of hydrogen-bond acceptors (Lipinski definition) is 2. The SMILES string of the molecule is c1ccc(-c2cc(-c3cccc4ccccc34)nc(-c3ccc(-c4c5ccccc5cc5c4ccc4ccccc45)cc3)n2)cc1. The Kier molecular flexibility index (Phi) is 6.17. The van der Waals surface area contributed by atoms with Gasteiger partial charge >= 0.3 is 0 Å². The second-order valence-corrected chi connectivity index (χ2v) is 11.8. The normalized spacial score (nSPS) is 11.5. The molecule has 214 valence electrons. The highest BCUT2D eigenvalue weighted by atomic mass is 14.9. The van der Waals surface area contributed by atoms with Crippen LogP contribution in [0.25, 0.3) is 88.1 Å². The summed E-state index contributed by atoms with van der Waals surface area (Å²) in [5.74, 6) is 0.713. The minimum atomic E-state index is 0.713. The molecule has 9 aromatic rings. The van der Waals surface area contributed by atoms with E-state index in [9.17, 15) is 0 Å². The maximum Gasteiger partial charge on any atom is 0.160 e. The van der Waals surface area contributed by atoms with Gasteiger partial charge in [0, 0.05) is 16.7 Å². The van der Waals surface area contributed by atoms with Gasteiger partial charge in [0.2, 0.25) is 0 Å². The zero-order chi connectivity index (χ0) is 30.5. The quantitative estimate of drug-likeness (QED) is 0.152. The Hall–Kier alpha value is -6.12. The minimum Gasteiger partial charge on any atom is -0.228 e. The molecule has 2 heteroatoms. The van der Waals surface area contributed by atoms with Crippen molar-refractivity contribution in [2.24, 2.45) is 0 Å². The van der Waals surface area contributed by atoms with E-state index >= 15 is 0 Å². The Morgan fingerprint density at radius 1 is 0.304 bits per heavy atom. The van der Waals surface area contributed by atoms with Gasteiger partial charge in [-0.2, -0.15) is 0 Å². The lowest BCUT2D eigenvalue weighted by molar-refractivity contribution is 1.18. The number of rotatable bonds is 4. The molecule has 0 unspecified atom stereocenters. The van der Waals surface area contributed by atoms with Crippen molar-refractivity contribution in [3.8, 4) is 45.0 Å². The first-order valence-corrected chi connectivity index (χ1v) is 15.7. The smallest absolute Gasteiger partial charge is 0.160 e. The third-order valence-corrected chi connectivity index (χ3v) is 9.06. The van der Waals surface area contributed by atoms with Crippen molar-refractivity contribution in [3.05, 3.63) is 170 Å². The molecule has 2 nitrogen and oxygen atoms in total. The van der Waals surface area contributed by atoms with Crippen molar-refractivity contribution < 1.29 is 0 Å². The Morgan fingerprint density at radius 2 is 0.913 bits per heavy atom. The summed E-state index contributed by atoms with van der Waals surface area (Å²) in [6.07, 6.45) is 0. The lowest BCUT2D eigenvalue weighted by atomic mass is 9.89. The zero-order valence-corrected chi connectivity index (χ0v) is 25.1. The Bertz CT molecular complexity index is 2560. The molecule has 0 amide bonds. The molecule has 0 N–H and O–H groups in total. The highest BCUT2D eigenvalue weighted by Crippen LogP contribution is 2.40. The van der Waals surface area contributed by atoms with Crippen molar-refractivity contribution in [1.29, 1.82) is 0 Å². The van der Waals surface area contributed by atoms with Gasteiger partial charge in [-0.05, 0) is 66.3 Å². The summed E-state index contributed by atoms with van der Waals surface area (Å²) in [4.78, 5) is 10.3. The van der Waals surface area contributed by atoms with Crippen LogP contribution in [0.3, 0.4) is 0 Å². The van der Waals surface area contributed by atoms with Crippen molar-refractivity contribution in [2.75, 3.05) is 0 Å². The average molecular weight is 585 g/mol. The van der Waals surface area contributed by atoms with E-state index in [2.05, 4.69) is 164 Å². The molecule has 8 aromatic carbocycles. The summed E-state index contributed by atoms with van der Waals surface area (Å²) in [6, 6.07) is 60.4. The van der Waals surface area contributed by atoms with Gasteiger partial charge in [-0.25, -0.2) is 9.97 Å². The standard InChI is InChI=1S/C44H28N2/c1-2-13-31(14-3-1)41-28-42(38-20-10-16-29-11-4-7-17-35(29)38)46-44(45-41)33-23-21-32(22-24-33)43-37-19-9-6-15-34(37)27-40-36-18-8-5-12-30(36)25-26-39(40)43/h1-28H. The van der Waals surface area contributed by atoms with Gasteiger partial charge in [-0.15, -0.1) is 0 Å². The van der Waals surface area contributed by atoms with Crippen LogP contribution >= 0.6 is 0 Å². The maximum atomic E-state index is 5.17. The molecule has 0 saturated carbocycles. The lowest BCUT2D eigenvalue weighted by Gasteiger charge is -2.15. The van der Waals surface area contributed by atoms with E-state index in [0.717, 1.165) is 28.1 Å². The van der Waals surface area contributed by atoms with E-state index in [1.165, 1.54) is 54.2 Å². The van der Waals surface area contributed by atoms with Crippen molar-refractivity contribution >= 4 is 43.1 Å². The Morgan fingerprint density at radius 3 is 1.72 bits per heavy atom. The molecular weight excluding hydrogens is 556 g/mol. The predicted molar refractivity (Wildman–Crippen MR) is 194 cm³/mol. The Labute approximate surface area is 267 Å². The summed E-state index contributed by atoms with van der Waals surface area (Å²) >= 11 is 0. The van der Waals surface area contributed by atoms with E-state index in [0.29, 0.717) is 5.82 Å². The Balaban J connectivity index is 1.23. The highest BCUT2D eigenvalue weighted by Gasteiger charge is 2.15. The van der Waals surface area contributed by atoms with Crippen LogP contribution in [0.1, 0.15) is 0 Å². The fraction of sp³-hybridized carbons (Fsp3) is 0. The summed E-state index contributed by atoms with van der Waals surface area (Å²) in [5, 5.41) is 9.92. The molecule has 0 radical (unpaired) electrons. The van der Waals surface area contributed by atoms with Crippen LogP contribution in [0.5, 0.6) is 0 Å². The van der Waals surface area contributed by atoms with Gasteiger partial charge in [-0.1, -0.05) is 158 Å². The van der Waals surface area contributed by atoms with Crippen LogP contribution < -0.4 is 0 Å². The molecule has 0 saturated heterocycles. The summed E-state index contributed by atoms with van der Waals surface area (Å²) in [7, 11) is 0. The van der Waals surface area contributed by atoms with Gasteiger partial charge in [-0.3, -0.25) is 0 Å². The summed E-state index contributed by atoms with van der Waals surface area (Å²) < 4.78 is 0. The number of nitrogens with zero attached hydrogens (tertiary/aromatic N) is 2. The molecule has 46 heavy (non-hydrogen) atoms. The van der Waals surface area contributed by atoms with Crippen LogP contribution in [0.2, 0.25) is 0 Å². The second-order valence-electron chi connectivity index (χ2n) is 11.8. The molecule has 1 aromatic heterocycles. The molecule has 0 aliphatic heterocycles. The third-order valence-electron chi connectivity index (χ3n) is 9.06. The van der Waals surface area contributed by atoms with Crippen LogP contribution in [0.15, 0.2) is 170 Å². The van der Waals surface area contributed by atoms with E-state index in [1.54, 1.807) is 0 Å². The average Bonchev–Trinajstić information content (AvgIpc) is 3.14. The predicted octanol–water partition coefficient (Wildman–Crippen LogP) is 11.8. The van der Waals surface area contributed by atoms with Crippen LogP contribution in [-0.4, -0.2) is 9.97 Å². The van der Waals surface area contributed by atoms with Crippen LogP contribution in [0, 0.1) is 0 Å². The molecule has 0 fully saturated rings. The van der Waals surface area contributed by atoms with E-state index < -0.39 is 0 Å². The first-order chi connectivity index (χ1) is 22.8. The van der Waals surface area contributed by atoms with Crippen molar-refractivity contribution in [2.45, 2.75) is 0 Å². The maximum absolute atomic E-state index is 5.17. The fourth-order valence-electron chi connectivity index (χ4n) is 6.84. The minimum absolute atomic E-state index is 0.713. The molecule has 0 atom stereocenters. The molecule has 9 rings (SSSR count).